The van der Waals surface area contributed by atoms with Crippen molar-refractivity contribution < 1.29 is 4.43 Å². The molecule has 0 heterocycles. The van der Waals surface area contributed by atoms with Crippen molar-refractivity contribution in [1.82, 2.24) is 0 Å². The zero-order valence-electron chi connectivity index (χ0n) is 14.0. The van der Waals surface area contributed by atoms with E-state index < -0.39 is 8.32 Å². The van der Waals surface area contributed by atoms with Crippen molar-refractivity contribution in [3.8, 4) is 11.1 Å². The van der Waals surface area contributed by atoms with Gasteiger partial charge >= 0.3 is 0 Å². The van der Waals surface area contributed by atoms with E-state index in [0.29, 0.717) is 0 Å². The monoisotopic (exact) mass is 310 g/mol. The fraction of sp³-hybridized carbons (Fsp3) is 0.400. The highest BCUT2D eigenvalue weighted by molar-refractivity contribution is 6.73. The van der Waals surface area contributed by atoms with Crippen LogP contribution in [0.2, 0.25) is 18.1 Å². The third kappa shape index (κ3) is 2.66. The highest BCUT2D eigenvalue weighted by Gasteiger charge is 2.29. The van der Waals surface area contributed by atoms with E-state index in [0.717, 1.165) is 13.0 Å². The van der Waals surface area contributed by atoms with Crippen LogP contribution in [0.25, 0.3) is 11.1 Å². The molecule has 0 bridgehead atoms. The molecular weight excluding hydrogens is 284 g/mol. The third-order valence-corrected chi connectivity index (χ3v) is 10.0. The molecule has 0 aromatic heterocycles. The van der Waals surface area contributed by atoms with Crippen molar-refractivity contribution in [3.05, 3.63) is 59.2 Å². The SMILES string of the molecule is CC[Si](CC)(CC)OCc1cccc2c1Cc1ccccc1-2. The van der Waals surface area contributed by atoms with Crippen LogP contribution in [0.15, 0.2) is 42.5 Å². The Labute approximate surface area is 135 Å². The Kier molecular flexibility index (Phi) is 4.51. The molecule has 3 rings (SSSR count). The topological polar surface area (TPSA) is 9.23 Å². The van der Waals surface area contributed by atoms with Crippen molar-refractivity contribution in [3.63, 3.8) is 0 Å². The van der Waals surface area contributed by atoms with Crippen LogP contribution in [0.4, 0.5) is 0 Å². The second kappa shape index (κ2) is 6.39. The number of hydrogen-bond donors (Lipinski definition) is 0. The quantitative estimate of drug-likeness (QED) is 0.524. The summed E-state index contributed by atoms with van der Waals surface area (Å²) >= 11 is 0. The number of fused-ring (bicyclic) bond motifs is 3. The van der Waals surface area contributed by atoms with E-state index in [1.165, 1.54) is 45.9 Å². The van der Waals surface area contributed by atoms with Gasteiger partial charge in [-0.05, 0) is 52.4 Å². The molecule has 2 aromatic carbocycles. The van der Waals surface area contributed by atoms with E-state index >= 15 is 0 Å². The van der Waals surface area contributed by atoms with Gasteiger partial charge in [-0.1, -0.05) is 63.2 Å². The van der Waals surface area contributed by atoms with Gasteiger partial charge in [0, 0.05) is 0 Å². The Morgan fingerprint density at radius 2 is 1.55 bits per heavy atom. The molecule has 0 fully saturated rings. The van der Waals surface area contributed by atoms with E-state index in [9.17, 15) is 0 Å². The van der Waals surface area contributed by atoms with Gasteiger partial charge in [0.2, 0.25) is 0 Å². The first-order valence-electron chi connectivity index (χ1n) is 8.56. The van der Waals surface area contributed by atoms with Gasteiger partial charge in [-0.25, -0.2) is 0 Å². The normalized spacial score (nSPS) is 13.0. The molecule has 2 heteroatoms. The van der Waals surface area contributed by atoms with Gasteiger partial charge in [-0.3, -0.25) is 0 Å². The summed E-state index contributed by atoms with van der Waals surface area (Å²) in [4.78, 5) is 0. The van der Waals surface area contributed by atoms with Crippen molar-refractivity contribution >= 4 is 8.32 Å². The molecule has 0 aliphatic heterocycles. The van der Waals surface area contributed by atoms with Gasteiger partial charge in [0.15, 0.2) is 8.32 Å². The van der Waals surface area contributed by atoms with Crippen LogP contribution in [0.1, 0.15) is 37.5 Å². The van der Waals surface area contributed by atoms with Gasteiger partial charge in [0.05, 0.1) is 6.61 Å². The number of hydrogen-bond acceptors (Lipinski definition) is 1. The van der Waals surface area contributed by atoms with Crippen LogP contribution in [-0.2, 0) is 17.5 Å². The molecule has 0 N–H and O–H groups in total. The standard InChI is InChI=1S/C20H26OSi/c1-4-22(5-2,6-3)21-15-17-11-9-13-19-18-12-8-7-10-16(18)14-20(17)19/h7-13H,4-6,14-15H2,1-3H3. The number of benzene rings is 2. The third-order valence-electron chi connectivity index (χ3n) is 5.41. The molecule has 0 unspecified atom stereocenters. The van der Waals surface area contributed by atoms with Crippen LogP contribution in [0, 0.1) is 0 Å². The van der Waals surface area contributed by atoms with Crippen molar-refractivity contribution in [2.75, 3.05) is 0 Å². The lowest BCUT2D eigenvalue weighted by Gasteiger charge is -2.28. The highest BCUT2D eigenvalue weighted by Crippen LogP contribution is 2.38. The Balaban J connectivity index is 1.86. The van der Waals surface area contributed by atoms with E-state index in [4.69, 9.17) is 4.43 Å². The molecule has 22 heavy (non-hydrogen) atoms. The average Bonchev–Trinajstić information content (AvgIpc) is 2.96. The lowest BCUT2D eigenvalue weighted by Crippen LogP contribution is -2.35. The summed E-state index contributed by atoms with van der Waals surface area (Å²) in [6.07, 6.45) is 1.06. The van der Waals surface area contributed by atoms with E-state index in [1.807, 2.05) is 0 Å². The molecule has 0 radical (unpaired) electrons. The Hall–Kier alpha value is -1.38. The molecule has 2 aromatic rings. The van der Waals surface area contributed by atoms with Crippen LogP contribution >= 0.6 is 0 Å². The average molecular weight is 311 g/mol. The van der Waals surface area contributed by atoms with Crippen LogP contribution in [0.5, 0.6) is 0 Å². The second-order valence-corrected chi connectivity index (χ2v) is 11.1. The van der Waals surface area contributed by atoms with E-state index in [1.54, 1.807) is 0 Å². The lowest BCUT2D eigenvalue weighted by molar-refractivity contribution is 0.286. The zero-order valence-corrected chi connectivity index (χ0v) is 15.0. The van der Waals surface area contributed by atoms with Gasteiger partial charge in [-0.2, -0.15) is 0 Å². The lowest BCUT2D eigenvalue weighted by atomic mass is 10.0. The molecule has 0 saturated carbocycles. The maximum atomic E-state index is 6.53. The summed E-state index contributed by atoms with van der Waals surface area (Å²) in [5, 5.41) is 0. The fourth-order valence-electron chi connectivity index (χ4n) is 3.65. The Morgan fingerprint density at radius 1 is 0.864 bits per heavy atom. The van der Waals surface area contributed by atoms with Crippen molar-refractivity contribution in [1.29, 1.82) is 0 Å². The smallest absolute Gasteiger partial charge is 0.192 e. The molecule has 0 atom stereocenters. The van der Waals surface area contributed by atoms with Crippen LogP contribution in [0.3, 0.4) is 0 Å². The molecular formula is C20H26OSi. The molecule has 1 aliphatic rings. The van der Waals surface area contributed by atoms with Gasteiger partial charge < -0.3 is 4.43 Å². The summed E-state index contributed by atoms with van der Waals surface area (Å²) < 4.78 is 6.53. The minimum Gasteiger partial charge on any atom is -0.413 e. The Bertz CT molecular complexity index is 650. The maximum absolute atomic E-state index is 6.53. The predicted octanol–water partition coefficient (Wildman–Crippen LogP) is 5.78. The molecule has 0 amide bonds. The summed E-state index contributed by atoms with van der Waals surface area (Å²) in [5.41, 5.74) is 7.14. The Morgan fingerprint density at radius 3 is 2.27 bits per heavy atom. The van der Waals surface area contributed by atoms with Crippen molar-refractivity contribution in [2.24, 2.45) is 0 Å². The summed E-state index contributed by atoms with van der Waals surface area (Å²) in [5.74, 6) is 0. The predicted molar refractivity (Wildman–Crippen MR) is 96.7 cm³/mol. The summed E-state index contributed by atoms with van der Waals surface area (Å²) in [6.45, 7) is 7.68. The van der Waals surface area contributed by atoms with Crippen LogP contribution < -0.4 is 0 Å². The molecule has 0 spiro atoms. The first-order valence-corrected chi connectivity index (χ1v) is 11.1. The number of rotatable bonds is 6. The first-order chi connectivity index (χ1) is 10.7. The van der Waals surface area contributed by atoms with E-state index in [-0.39, 0.29) is 0 Å². The largest absolute Gasteiger partial charge is 0.413 e. The van der Waals surface area contributed by atoms with E-state index in [2.05, 4.69) is 63.2 Å². The highest BCUT2D eigenvalue weighted by atomic mass is 28.4. The van der Waals surface area contributed by atoms with Gasteiger partial charge in [0.1, 0.15) is 0 Å². The first kappa shape index (κ1) is 15.5. The van der Waals surface area contributed by atoms with Crippen LogP contribution in [-0.4, -0.2) is 8.32 Å². The zero-order chi connectivity index (χ0) is 15.6. The minimum atomic E-state index is -1.51. The van der Waals surface area contributed by atoms with Crippen molar-refractivity contribution in [2.45, 2.75) is 51.9 Å². The summed E-state index contributed by atoms with van der Waals surface area (Å²) in [7, 11) is -1.51. The molecule has 1 nitrogen and oxygen atoms in total. The molecule has 1 aliphatic carbocycles. The molecule has 116 valence electrons. The van der Waals surface area contributed by atoms with Gasteiger partial charge in [-0.15, -0.1) is 0 Å². The molecule has 0 saturated heterocycles. The van der Waals surface area contributed by atoms with Gasteiger partial charge in [0.25, 0.3) is 0 Å². The summed E-state index contributed by atoms with van der Waals surface area (Å²) in [6, 6.07) is 19.1. The second-order valence-electron chi connectivity index (χ2n) is 6.31. The fourth-order valence-corrected chi connectivity index (χ4v) is 6.22. The minimum absolute atomic E-state index is 0.791. The maximum Gasteiger partial charge on any atom is 0.192 e.